The Hall–Kier alpha value is -2.97. The minimum absolute atomic E-state index is 0.0273. The fourth-order valence-corrected chi connectivity index (χ4v) is 3.25. The largest absolute Gasteiger partial charge is 0.492 e. The summed E-state index contributed by atoms with van der Waals surface area (Å²) in [7, 11) is 3.90. The number of anilines is 2. The Balaban J connectivity index is 2.27. The Labute approximate surface area is 181 Å². The molecule has 0 saturated heterocycles. The molecule has 156 valence electrons. The number of rotatable bonds is 5. The lowest BCUT2D eigenvalue weighted by Gasteiger charge is -2.21. The van der Waals surface area contributed by atoms with Crippen LogP contribution in [0, 0.1) is 11.6 Å². The molecule has 0 bridgehead atoms. The zero-order chi connectivity index (χ0) is 22.0. The Morgan fingerprint density at radius 1 is 1.07 bits per heavy atom. The van der Waals surface area contributed by atoms with Crippen LogP contribution < -0.4 is 9.64 Å². The summed E-state index contributed by atoms with van der Waals surface area (Å²) in [5.74, 6) is -2.67. The first-order chi connectivity index (χ1) is 14.3. The Morgan fingerprint density at radius 3 is 2.40 bits per heavy atom. The number of hydrogen-bond acceptors (Lipinski definition) is 6. The predicted octanol–water partition coefficient (Wildman–Crippen LogP) is 5.29. The molecule has 0 N–H and O–H groups in total. The van der Waals surface area contributed by atoms with Crippen LogP contribution in [0.2, 0.25) is 10.0 Å². The highest BCUT2D eigenvalue weighted by molar-refractivity contribution is 6.35. The van der Waals surface area contributed by atoms with Crippen LogP contribution in [0.3, 0.4) is 0 Å². The minimum Gasteiger partial charge on any atom is -0.492 e. The van der Waals surface area contributed by atoms with Gasteiger partial charge in [0.1, 0.15) is 10.8 Å². The summed E-state index contributed by atoms with van der Waals surface area (Å²) in [5, 5.41) is -0.137. The van der Waals surface area contributed by atoms with Crippen LogP contribution in [-0.4, -0.2) is 37.2 Å². The molecule has 1 heterocycles. The van der Waals surface area contributed by atoms with Crippen LogP contribution in [0.15, 0.2) is 36.4 Å². The van der Waals surface area contributed by atoms with Crippen molar-refractivity contribution in [1.29, 1.82) is 0 Å². The van der Waals surface area contributed by atoms with Crippen molar-refractivity contribution in [3.63, 3.8) is 0 Å². The predicted molar refractivity (Wildman–Crippen MR) is 110 cm³/mol. The standard InChI is InChI=1S/C20H15Cl2F2N3O3/c1-27(13-7-5-4-6-12(13)23)19-14(22)16(20(28)30-3)25-18(26-19)10-8-9-11(21)17(29-2)15(10)24/h4-9H,1-3H3. The Morgan fingerprint density at radius 2 is 1.77 bits per heavy atom. The average molecular weight is 454 g/mol. The van der Waals surface area contributed by atoms with Gasteiger partial charge in [0.05, 0.1) is 30.5 Å². The minimum atomic E-state index is -0.867. The van der Waals surface area contributed by atoms with Gasteiger partial charge in [0.25, 0.3) is 0 Å². The number of benzene rings is 2. The topological polar surface area (TPSA) is 64.5 Å². The van der Waals surface area contributed by atoms with E-state index in [1.54, 1.807) is 6.07 Å². The lowest BCUT2D eigenvalue weighted by atomic mass is 10.1. The molecule has 30 heavy (non-hydrogen) atoms. The van der Waals surface area contributed by atoms with Crippen molar-refractivity contribution in [2.45, 2.75) is 0 Å². The molecule has 0 radical (unpaired) electrons. The molecule has 10 heteroatoms. The number of carbonyl (C=O) groups is 1. The second-order valence-electron chi connectivity index (χ2n) is 5.98. The fraction of sp³-hybridized carbons (Fsp3) is 0.150. The second kappa shape index (κ2) is 8.81. The summed E-state index contributed by atoms with van der Waals surface area (Å²) in [6.07, 6.45) is 0. The van der Waals surface area contributed by atoms with E-state index >= 15 is 0 Å². The molecule has 6 nitrogen and oxygen atoms in total. The number of halogens is 4. The molecule has 0 aliphatic rings. The van der Waals surface area contributed by atoms with E-state index in [9.17, 15) is 13.6 Å². The summed E-state index contributed by atoms with van der Waals surface area (Å²) < 4.78 is 38.9. The van der Waals surface area contributed by atoms with Gasteiger partial charge in [-0.1, -0.05) is 35.3 Å². The first-order valence-electron chi connectivity index (χ1n) is 8.46. The number of esters is 1. The van der Waals surface area contributed by atoms with E-state index in [1.165, 1.54) is 49.4 Å². The summed E-state index contributed by atoms with van der Waals surface area (Å²) in [5.41, 5.74) is -0.272. The third-order valence-electron chi connectivity index (χ3n) is 4.24. The van der Waals surface area contributed by atoms with Gasteiger partial charge in [-0.3, -0.25) is 0 Å². The number of hydrogen-bond donors (Lipinski definition) is 0. The van der Waals surface area contributed by atoms with Crippen molar-refractivity contribution in [3.8, 4) is 17.1 Å². The monoisotopic (exact) mass is 453 g/mol. The van der Waals surface area contributed by atoms with Crippen LogP contribution >= 0.6 is 23.2 Å². The van der Waals surface area contributed by atoms with Crippen LogP contribution in [0.1, 0.15) is 10.5 Å². The lowest BCUT2D eigenvalue weighted by Crippen LogP contribution is -2.17. The van der Waals surface area contributed by atoms with Crippen LogP contribution in [0.5, 0.6) is 5.75 Å². The van der Waals surface area contributed by atoms with E-state index in [0.29, 0.717) is 0 Å². The van der Waals surface area contributed by atoms with Crippen molar-refractivity contribution in [3.05, 3.63) is 63.8 Å². The molecule has 2 aromatic carbocycles. The first kappa shape index (κ1) is 21.7. The van der Waals surface area contributed by atoms with Crippen molar-refractivity contribution < 1.29 is 23.0 Å². The molecule has 0 saturated carbocycles. The highest BCUT2D eigenvalue weighted by Crippen LogP contribution is 2.37. The van der Waals surface area contributed by atoms with E-state index in [2.05, 4.69) is 9.97 Å². The van der Waals surface area contributed by atoms with Crippen LogP contribution in [0.25, 0.3) is 11.4 Å². The quantitative estimate of drug-likeness (QED) is 0.488. The number of ether oxygens (including phenoxy) is 2. The summed E-state index contributed by atoms with van der Waals surface area (Å²) in [6, 6.07) is 8.63. The van der Waals surface area contributed by atoms with Gasteiger partial charge in [-0.15, -0.1) is 0 Å². The lowest BCUT2D eigenvalue weighted by molar-refractivity contribution is 0.0594. The van der Waals surface area contributed by atoms with Gasteiger partial charge in [0.15, 0.2) is 28.9 Å². The molecule has 0 unspecified atom stereocenters. The number of methoxy groups -OCH3 is 2. The van der Waals surface area contributed by atoms with Crippen LogP contribution in [0.4, 0.5) is 20.3 Å². The third-order valence-corrected chi connectivity index (χ3v) is 4.88. The molecular weight excluding hydrogens is 439 g/mol. The molecule has 0 amide bonds. The normalized spacial score (nSPS) is 10.6. The summed E-state index contributed by atoms with van der Waals surface area (Å²) >= 11 is 12.3. The molecule has 0 atom stereocenters. The maximum absolute atomic E-state index is 14.9. The molecule has 0 aliphatic carbocycles. The van der Waals surface area contributed by atoms with Crippen molar-refractivity contribution in [1.82, 2.24) is 9.97 Å². The fourth-order valence-electron chi connectivity index (χ4n) is 2.74. The van der Waals surface area contributed by atoms with E-state index in [0.717, 1.165) is 7.11 Å². The van der Waals surface area contributed by atoms with Crippen molar-refractivity contribution >= 4 is 40.7 Å². The molecule has 0 spiro atoms. The molecule has 1 aromatic heterocycles. The van der Waals surface area contributed by atoms with E-state index in [1.807, 2.05) is 0 Å². The summed E-state index contributed by atoms with van der Waals surface area (Å²) in [6.45, 7) is 0. The number of aromatic nitrogens is 2. The van der Waals surface area contributed by atoms with E-state index < -0.39 is 17.6 Å². The number of para-hydroxylation sites is 1. The highest BCUT2D eigenvalue weighted by Gasteiger charge is 2.26. The Bertz CT molecular complexity index is 1130. The molecule has 0 fully saturated rings. The number of carbonyl (C=O) groups excluding carboxylic acids is 1. The smallest absolute Gasteiger partial charge is 0.358 e. The third kappa shape index (κ3) is 3.88. The van der Waals surface area contributed by atoms with Gasteiger partial charge < -0.3 is 14.4 Å². The molecule has 0 aliphatic heterocycles. The van der Waals surface area contributed by atoms with Crippen molar-refractivity contribution in [2.75, 3.05) is 26.2 Å². The first-order valence-corrected chi connectivity index (χ1v) is 9.22. The molecule has 3 aromatic rings. The van der Waals surface area contributed by atoms with Gasteiger partial charge in [-0.05, 0) is 24.3 Å². The van der Waals surface area contributed by atoms with E-state index in [-0.39, 0.29) is 44.4 Å². The maximum atomic E-state index is 14.9. The van der Waals surface area contributed by atoms with Gasteiger partial charge in [-0.25, -0.2) is 23.5 Å². The van der Waals surface area contributed by atoms with Crippen LogP contribution in [-0.2, 0) is 4.74 Å². The van der Waals surface area contributed by atoms with Gasteiger partial charge >= 0.3 is 5.97 Å². The highest BCUT2D eigenvalue weighted by atomic mass is 35.5. The van der Waals surface area contributed by atoms with E-state index in [4.69, 9.17) is 32.7 Å². The van der Waals surface area contributed by atoms with Crippen molar-refractivity contribution in [2.24, 2.45) is 0 Å². The Kier molecular flexibility index (Phi) is 6.38. The molecule has 3 rings (SSSR count). The SMILES string of the molecule is COC(=O)c1nc(-c2ccc(Cl)c(OC)c2F)nc(N(C)c2ccccc2F)c1Cl. The second-order valence-corrected chi connectivity index (χ2v) is 6.76. The average Bonchev–Trinajstić information content (AvgIpc) is 2.74. The maximum Gasteiger partial charge on any atom is 0.358 e. The molecular formula is C20H15Cl2F2N3O3. The zero-order valence-corrected chi connectivity index (χ0v) is 17.6. The van der Waals surface area contributed by atoms with Gasteiger partial charge in [0.2, 0.25) is 0 Å². The summed E-state index contributed by atoms with van der Waals surface area (Å²) in [4.78, 5) is 21.9. The number of nitrogens with zero attached hydrogens (tertiary/aromatic N) is 3. The van der Waals surface area contributed by atoms with Gasteiger partial charge in [0, 0.05) is 7.05 Å². The zero-order valence-electron chi connectivity index (χ0n) is 16.0. The van der Waals surface area contributed by atoms with Gasteiger partial charge in [-0.2, -0.15) is 0 Å².